The Balaban J connectivity index is 1.09. The van der Waals surface area contributed by atoms with E-state index in [-0.39, 0.29) is 0 Å². The van der Waals surface area contributed by atoms with E-state index in [0.29, 0.717) is 0 Å². The number of aliphatic hydroxyl groups excluding tert-OH is 28. The Labute approximate surface area is 585 Å². The SMILES string of the molecule is O=C(O)[C@@]1(O)C[C@@H](O)[C@@H](O[C@H]2O[C@H](CO[C@@H]3O[C@H](CO)[C@@H](O)[C@H](O)[C@H]3O[C@H]3O[C@H](CO)[C@@H](O[C@@H]4O[C@H](CO)[C@H](O)[C@H](O)[C@H]4O)[C@H](O)[C@H]3O)[C@@H](O[C@@H]3O[C@H](CO)[C@@H](O)[C@H](O)[C@H]3O[C@H]3O[C@H](CO)[C@@H](O[C@@H]4O[C@H](CO)[C@H](O)[C@H](O)[C@H]4O)[C@H](O)[C@H]3O)[C@H](O[C@@H]3O[C@H](CO)[C@@H](O)[C@H](O)[C@H]3O)[C@H]2O)[C@@H]([C@H](O)CO)O1. The predicted octanol–water partition coefficient (Wildman–Crippen LogP) is -20.8. The summed E-state index contributed by atoms with van der Waals surface area (Å²) in [7, 11) is 0. The number of aliphatic hydroxyl groups is 29. The summed E-state index contributed by atoms with van der Waals surface area (Å²) in [5.74, 6) is -5.50. The van der Waals surface area contributed by atoms with Crippen molar-refractivity contribution in [3.05, 3.63) is 0 Å². The van der Waals surface area contributed by atoms with Crippen molar-refractivity contribution in [2.24, 2.45) is 0 Å². The van der Waals surface area contributed by atoms with Crippen molar-refractivity contribution >= 4 is 5.97 Å². The summed E-state index contributed by atoms with van der Waals surface area (Å²) in [5.41, 5.74) is 0. The van der Waals surface area contributed by atoms with Gasteiger partial charge in [0.25, 0.3) is 5.79 Å². The number of rotatable bonds is 27. The molecule has 0 unspecified atom stereocenters. The fourth-order valence-electron chi connectivity index (χ4n) is 13.3. The summed E-state index contributed by atoms with van der Waals surface area (Å²) in [6, 6.07) is 0. The molecule has 45 atom stereocenters. The maximum Gasteiger partial charge on any atom is 0.364 e. The summed E-state index contributed by atoms with van der Waals surface area (Å²) in [6.45, 7) is -10.5. The Hall–Kier alpha value is -2.37. The summed E-state index contributed by atoms with van der Waals surface area (Å²) in [5, 5.41) is 327. The second-order valence-corrected chi connectivity index (χ2v) is 26.2. The normalized spacial score (nSPS) is 52.3. The van der Waals surface area contributed by atoms with E-state index in [9.17, 15) is 158 Å². The molecule has 606 valence electrons. The molecule has 0 aromatic heterocycles. The van der Waals surface area contributed by atoms with Crippen LogP contribution in [0, 0.1) is 0 Å². The largest absolute Gasteiger partial charge is 0.477 e. The number of carboxylic acids is 1. The zero-order chi connectivity index (χ0) is 76.6. The first-order valence-electron chi connectivity index (χ1n) is 32.7. The Morgan fingerprint density at radius 2 is 0.596 bits per heavy atom. The van der Waals surface area contributed by atoms with Gasteiger partial charge in [-0.05, 0) is 0 Å². The average molecular weight is 1540 g/mol. The van der Waals surface area contributed by atoms with Crippen LogP contribution in [0.2, 0.25) is 0 Å². The monoisotopic (exact) mass is 1530 g/mol. The maximum atomic E-state index is 12.7. The smallest absolute Gasteiger partial charge is 0.364 e. The van der Waals surface area contributed by atoms with Gasteiger partial charge in [0.1, 0.15) is 214 Å². The molecule has 9 saturated heterocycles. The number of carbonyl (C=O) groups is 1. The molecule has 0 saturated carbocycles. The highest BCUT2D eigenvalue weighted by Gasteiger charge is 2.62. The summed E-state index contributed by atoms with van der Waals surface area (Å²) < 4.78 is 98.7. The van der Waals surface area contributed by atoms with Crippen molar-refractivity contribution in [2.75, 3.05) is 59.5 Å². The molecule has 0 bridgehead atoms. The van der Waals surface area contributed by atoms with E-state index in [2.05, 4.69) is 0 Å². The van der Waals surface area contributed by atoms with Gasteiger partial charge in [0.2, 0.25) is 0 Å². The van der Waals surface area contributed by atoms with Crippen LogP contribution in [-0.2, 0) is 85.3 Å². The highest BCUT2D eigenvalue weighted by atomic mass is 16.8. The van der Waals surface area contributed by atoms with Crippen molar-refractivity contribution in [2.45, 2.75) is 282 Å². The number of ether oxygens (including phenoxy) is 17. The molecule has 30 N–H and O–H groups in total. The van der Waals surface area contributed by atoms with Crippen LogP contribution in [-0.4, -0.2) is 494 Å². The van der Waals surface area contributed by atoms with Gasteiger partial charge < -0.3 is 234 Å². The van der Waals surface area contributed by atoms with E-state index in [0.717, 1.165) is 0 Å². The molecule has 0 aromatic carbocycles. The zero-order valence-electron chi connectivity index (χ0n) is 54.2. The van der Waals surface area contributed by atoms with E-state index in [4.69, 9.17) is 80.5 Å². The Bertz CT molecular complexity index is 2630. The lowest BCUT2D eigenvalue weighted by Crippen LogP contribution is -2.70. The second kappa shape index (κ2) is 36.4. The van der Waals surface area contributed by atoms with Gasteiger partial charge >= 0.3 is 5.97 Å². The minimum atomic E-state index is -3.35. The molecule has 9 heterocycles. The van der Waals surface area contributed by atoms with E-state index in [1.807, 2.05) is 0 Å². The van der Waals surface area contributed by atoms with Gasteiger partial charge in [-0.2, -0.15) is 0 Å². The average Bonchev–Trinajstić information content (AvgIpc) is 0.762. The Morgan fingerprint density at radius 1 is 0.317 bits per heavy atom. The Kier molecular flexibility index (Phi) is 30.0. The van der Waals surface area contributed by atoms with Gasteiger partial charge in [-0.3, -0.25) is 0 Å². The third kappa shape index (κ3) is 17.6. The molecule has 0 radical (unpaired) electrons. The third-order valence-corrected chi connectivity index (χ3v) is 19.3. The lowest BCUT2D eigenvalue weighted by molar-refractivity contribution is -0.415. The number of carboxylic acid groups (broad SMARTS) is 1. The van der Waals surface area contributed by atoms with Crippen molar-refractivity contribution in [3.8, 4) is 0 Å². The van der Waals surface area contributed by atoms with Gasteiger partial charge in [0.15, 0.2) is 50.3 Å². The summed E-state index contributed by atoms with van der Waals surface area (Å²) in [4.78, 5) is 12.3. The first-order valence-corrected chi connectivity index (χ1v) is 32.7. The molecule has 9 fully saturated rings. The van der Waals surface area contributed by atoms with Crippen LogP contribution in [0.1, 0.15) is 6.42 Å². The van der Waals surface area contributed by atoms with Gasteiger partial charge in [-0.25, -0.2) is 4.79 Å². The molecule has 0 aromatic rings. The van der Waals surface area contributed by atoms with E-state index < -0.39 is 348 Å². The quantitative estimate of drug-likeness (QED) is 0.0363. The van der Waals surface area contributed by atoms with Crippen LogP contribution in [0.5, 0.6) is 0 Å². The fraction of sp³-hybridized carbons (Fsp3) is 0.982. The van der Waals surface area contributed by atoms with Crippen LogP contribution >= 0.6 is 0 Å². The van der Waals surface area contributed by atoms with Gasteiger partial charge in [-0.15, -0.1) is 0 Å². The van der Waals surface area contributed by atoms with Crippen LogP contribution in [0.25, 0.3) is 0 Å². The molecular weight excluding hydrogens is 1440 g/mol. The highest BCUT2D eigenvalue weighted by Crippen LogP contribution is 2.41. The van der Waals surface area contributed by atoms with E-state index >= 15 is 0 Å². The standard InChI is InChI=1S/C56H94O48/c57-2-12(66)40-39(11(65)1-56(87,104-40)55(85)86)97-52-38(84)44(101-49-35(81)28(74)23(69)15(5-60)91-49)43(100-54-46(30(76)25(71)17(7-62)93-54)103-51-37(83)32(78)42(19(9-64)95-51)99-48-34(80)27(73)22(68)14(4-59)90-48)20(96-52)10-88-53-45(29(75)24(70)16(6-61)92-53)102-50-36(82)31(77)41(18(8-63)94-50)98-47-33(79)26(72)21(67)13(3-58)89-47/h11-54,57-84,87H,1-10H2,(H,85,86)/t11-,12-,13-,14-,15-,16-,17-,18-,19-,20-,21+,22+,23-,24-,25-,26+,27+,28+,29+,30+,31-,32-,33-,34-,35-,36-,37-,38-,39-,40-,41-,42-,43-,44-,45-,46-,47+,48+,49+,50-,51-,52-,53-,54+,56-/m1/s1. The molecular formula is C56H94O48. The minimum absolute atomic E-state index is 0.949. The fourth-order valence-corrected chi connectivity index (χ4v) is 13.3. The van der Waals surface area contributed by atoms with Crippen molar-refractivity contribution < 1.29 is 239 Å². The number of hydrogen-bond donors (Lipinski definition) is 30. The molecule has 9 aliphatic heterocycles. The Morgan fingerprint density at radius 3 is 0.971 bits per heavy atom. The summed E-state index contributed by atoms with van der Waals surface area (Å²) in [6.07, 6.45) is -98.5. The van der Waals surface area contributed by atoms with Crippen LogP contribution < -0.4 is 0 Å². The van der Waals surface area contributed by atoms with Crippen molar-refractivity contribution in [3.63, 3.8) is 0 Å². The molecule has 9 aliphatic rings. The van der Waals surface area contributed by atoms with E-state index in [1.165, 1.54) is 0 Å². The zero-order valence-corrected chi connectivity index (χ0v) is 54.2. The van der Waals surface area contributed by atoms with Gasteiger partial charge in [0.05, 0.1) is 65.6 Å². The van der Waals surface area contributed by atoms with Gasteiger partial charge in [0, 0.05) is 6.42 Å². The molecule has 0 aliphatic carbocycles. The van der Waals surface area contributed by atoms with Gasteiger partial charge in [-0.1, -0.05) is 0 Å². The number of aliphatic carboxylic acids is 1. The topological polar surface area (TPSA) is 781 Å². The second-order valence-electron chi connectivity index (χ2n) is 26.2. The molecule has 48 heteroatoms. The van der Waals surface area contributed by atoms with Crippen molar-refractivity contribution in [1.29, 1.82) is 0 Å². The summed E-state index contributed by atoms with van der Waals surface area (Å²) >= 11 is 0. The maximum absolute atomic E-state index is 12.7. The highest BCUT2D eigenvalue weighted by molar-refractivity contribution is 5.75. The van der Waals surface area contributed by atoms with Crippen LogP contribution in [0.3, 0.4) is 0 Å². The third-order valence-electron chi connectivity index (χ3n) is 19.3. The first kappa shape index (κ1) is 85.6. The lowest BCUT2D eigenvalue weighted by Gasteiger charge is -2.52. The van der Waals surface area contributed by atoms with Crippen LogP contribution in [0.15, 0.2) is 0 Å². The molecule has 9 rings (SSSR count). The predicted molar refractivity (Wildman–Crippen MR) is 308 cm³/mol. The minimum Gasteiger partial charge on any atom is -0.477 e. The van der Waals surface area contributed by atoms with E-state index in [1.54, 1.807) is 0 Å². The molecule has 0 amide bonds. The van der Waals surface area contributed by atoms with Crippen LogP contribution in [0.4, 0.5) is 0 Å². The lowest BCUT2D eigenvalue weighted by atomic mass is 9.92. The number of hydrogen-bond acceptors (Lipinski definition) is 47. The van der Waals surface area contributed by atoms with Crippen molar-refractivity contribution in [1.82, 2.24) is 0 Å². The molecule has 104 heavy (non-hydrogen) atoms. The first-order chi connectivity index (χ1) is 49.2. The molecule has 48 nitrogen and oxygen atoms in total. The molecule has 0 spiro atoms.